The molecule has 0 radical (unpaired) electrons. The van der Waals surface area contributed by atoms with Gasteiger partial charge in [-0.15, -0.1) is 0 Å². The normalized spacial score (nSPS) is 15.3. The summed E-state index contributed by atoms with van der Waals surface area (Å²) in [5.41, 5.74) is 2.43. The predicted molar refractivity (Wildman–Crippen MR) is 85.0 cm³/mol. The Balaban J connectivity index is 1.58. The van der Waals surface area contributed by atoms with Crippen LogP contribution in [0, 0.1) is 0 Å². The van der Waals surface area contributed by atoms with Crippen molar-refractivity contribution in [2.24, 2.45) is 0 Å². The van der Waals surface area contributed by atoms with Crippen molar-refractivity contribution in [3.63, 3.8) is 0 Å². The highest BCUT2D eigenvalue weighted by atomic mass is 16.3. The number of H-pyrrole nitrogens is 1. The second-order valence-electron chi connectivity index (χ2n) is 5.82. The SMILES string of the molecule is O=C(NC(c1ccccc1)c1ccco1)c1cc(C2CC2)[nH]n1. The van der Waals surface area contributed by atoms with Gasteiger partial charge in [0.2, 0.25) is 0 Å². The average molecular weight is 307 g/mol. The third kappa shape index (κ3) is 2.90. The third-order valence-electron chi connectivity index (χ3n) is 4.08. The summed E-state index contributed by atoms with van der Waals surface area (Å²) in [7, 11) is 0. The lowest BCUT2D eigenvalue weighted by Crippen LogP contribution is -2.29. The molecule has 5 heteroatoms. The van der Waals surface area contributed by atoms with Gasteiger partial charge in [-0.2, -0.15) is 5.10 Å². The van der Waals surface area contributed by atoms with E-state index in [-0.39, 0.29) is 11.9 Å². The zero-order valence-electron chi connectivity index (χ0n) is 12.5. The molecule has 1 saturated carbocycles. The van der Waals surface area contributed by atoms with E-state index in [4.69, 9.17) is 4.42 Å². The Hall–Kier alpha value is -2.82. The molecular weight excluding hydrogens is 290 g/mol. The van der Waals surface area contributed by atoms with E-state index in [0.29, 0.717) is 17.4 Å². The summed E-state index contributed by atoms with van der Waals surface area (Å²) < 4.78 is 5.50. The van der Waals surface area contributed by atoms with Crippen LogP contribution < -0.4 is 5.32 Å². The molecule has 0 bridgehead atoms. The van der Waals surface area contributed by atoms with E-state index >= 15 is 0 Å². The fourth-order valence-electron chi connectivity index (χ4n) is 2.68. The fourth-order valence-corrected chi connectivity index (χ4v) is 2.68. The number of furan rings is 1. The monoisotopic (exact) mass is 307 g/mol. The quantitative estimate of drug-likeness (QED) is 0.759. The van der Waals surface area contributed by atoms with E-state index in [1.54, 1.807) is 6.26 Å². The van der Waals surface area contributed by atoms with Gasteiger partial charge in [-0.3, -0.25) is 9.89 Å². The van der Waals surface area contributed by atoms with E-state index in [2.05, 4.69) is 15.5 Å². The number of rotatable bonds is 5. The molecule has 2 heterocycles. The smallest absolute Gasteiger partial charge is 0.272 e. The Morgan fingerprint density at radius 1 is 1.22 bits per heavy atom. The van der Waals surface area contributed by atoms with Crippen molar-refractivity contribution in [1.82, 2.24) is 15.5 Å². The fraction of sp³-hybridized carbons (Fsp3) is 0.222. The first-order valence-corrected chi connectivity index (χ1v) is 7.76. The van der Waals surface area contributed by atoms with Gasteiger partial charge in [0.1, 0.15) is 17.5 Å². The molecule has 116 valence electrons. The van der Waals surface area contributed by atoms with Crippen LogP contribution in [0.15, 0.2) is 59.2 Å². The first-order valence-electron chi connectivity index (χ1n) is 7.76. The van der Waals surface area contributed by atoms with Crippen LogP contribution in [0.5, 0.6) is 0 Å². The number of nitrogens with zero attached hydrogens (tertiary/aromatic N) is 1. The summed E-state index contributed by atoms with van der Waals surface area (Å²) >= 11 is 0. The highest BCUT2D eigenvalue weighted by Crippen LogP contribution is 2.39. The zero-order chi connectivity index (χ0) is 15.6. The molecule has 5 nitrogen and oxygen atoms in total. The first kappa shape index (κ1) is 13.8. The molecule has 4 rings (SSSR count). The number of aromatic amines is 1. The predicted octanol–water partition coefficient (Wildman–Crippen LogP) is 3.40. The maximum atomic E-state index is 12.5. The number of amides is 1. The minimum absolute atomic E-state index is 0.210. The average Bonchev–Trinajstić information content (AvgIpc) is 3.10. The lowest BCUT2D eigenvalue weighted by Gasteiger charge is -2.16. The summed E-state index contributed by atoms with van der Waals surface area (Å²) in [6, 6.07) is 14.9. The van der Waals surface area contributed by atoms with Crippen LogP contribution in [-0.2, 0) is 0 Å². The molecule has 0 saturated heterocycles. The lowest BCUT2D eigenvalue weighted by atomic mass is 10.0. The van der Waals surface area contributed by atoms with Crippen molar-refractivity contribution >= 4 is 5.91 Å². The van der Waals surface area contributed by atoms with Crippen LogP contribution in [0.3, 0.4) is 0 Å². The Kier molecular flexibility index (Phi) is 3.46. The summed E-state index contributed by atoms with van der Waals surface area (Å²) in [6.45, 7) is 0. The van der Waals surface area contributed by atoms with Crippen LogP contribution in [0.25, 0.3) is 0 Å². The van der Waals surface area contributed by atoms with Crippen LogP contribution in [0.2, 0.25) is 0 Å². The summed E-state index contributed by atoms with van der Waals surface area (Å²) in [6.07, 6.45) is 3.95. The van der Waals surface area contributed by atoms with E-state index in [9.17, 15) is 4.79 Å². The Morgan fingerprint density at radius 3 is 2.74 bits per heavy atom. The van der Waals surface area contributed by atoms with Gasteiger partial charge in [0.05, 0.1) is 6.26 Å². The Labute approximate surface area is 133 Å². The van der Waals surface area contributed by atoms with Crippen molar-refractivity contribution in [2.75, 3.05) is 0 Å². The van der Waals surface area contributed by atoms with Gasteiger partial charge in [0.25, 0.3) is 5.91 Å². The van der Waals surface area contributed by atoms with E-state index in [1.807, 2.05) is 48.5 Å². The molecule has 2 N–H and O–H groups in total. The Bertz CT molecular complexity index is 789. The highest BCUT2D eigenvalue weighted by molar-refractivity contribution is 5.92. The van der Waals surface area contributed by atoms with Gasteiger partial charge < -0.3 is 9.73 Å². The molecule has 1 amide bonds. The number of nitrogens with one attached hydrogen (secondary N) is 2. The van der Waals surface area contributed by atoms with Gasteiger partial charge >= 0.3 is 0 Å². The number of carbonyl (C=O) groups excluding carboxylic acids is 1. The molecule has 1 fully saturated rings. The third-order valence-corrected chi connectivity index (χ3v) is 4.08. The standard InChI is InChI=1S/C18H17N3O2/c22-18(15-11-14(20-21-15)12-8-9-12)19-17(16-7-4-10-23-16)13-5-2-1-3-6-13/h1-7,10-12,17H,8-9H2,(H,19,22)(H,20,21). The molecule has 1 aromatic carbocycles. The highest BCUT2D eigenvalue weighted by Gasteiger charge is 2.27. The van der Waals surface area contributed by atoms with E-state index in [1.165, 1.54) is 12.8 Å². The number of hydrogen-bond acceptors (Lipinski definition) is 3. The van der Waals surface area contributed by atoms with E-state index < -0.39 is 0 Å². The first-order chi connectivity index (χ1) is 11.3. The number of benzene rings is 1. The van der Waals surface area contributed by atoms with Crippen molar-refractivity contribution in [3.05, 3.63) is 77.5 Å². The summed E-state index contributed by atoms with van der Waals surface area (Å²) in [4.78, 5) is 12.5. The lowest BCUT2D eigenvalue weighted by molar-refractivity contribution is 0.0934. The van der Waals surface area contributed by atoms with Gasteiger partial charge in [0, 0.05) is 11.6 Å². The van der Waals surface area contributed by atoms with Crippen molar-refractivity contribution < 1.29 is 9.21 Å². The van der Waals surface area contributed by atoms with Gasteiger partial charge in [-0.25, -0.2) is 0 Å². The largest absolute Gasteiger partial charge is 0.467 e. The summed E-state index contributed by atoms with van der Waals surface area (Å²) in [5, 5.41) is 10.1. The summed E-state index contributed by atoms with van der Waals surface area (Å²) in [5.74, 6) is 1.03. The number of hydrogen-bond donors (Lipinski definition) is 2. The maximum absolute atomic E-state index is 12.5. The Morgan fingerprint density at radius 2 is 2.04 bits per heavy atom. The van der Waals surface area contributed by atoms with Crippen LogP contribution in [-0.4, -0.2) is 16.1 Å². The van der Waals surface area contributed by atoms with Crippen LogP contribution in [0.1, 0.15) is 52.3 Å². The topological polar surface area (TPSA) is 70.9 Å². The minimum atomic E-state index is -0.334. The van der Waals surface area contributed by atoms with Gasteiger partial charge in [0.15, 0.2) is 0 Å². The van der Waals surface area contributed by atoms with Crippen molar-refractivity contribution in [1.29, 1.82) is 0 Å². The second kappa shape index (κ2) is 5.76. The molecule has 3 aromatic rings. The van der Waals surface area contributed by atoms with Crippen molar-refractivity contribution in [3.8, 4) is 0 Å². The van der Waals surface area contributed by atoms with Crippen LogP contribution in [0.4, 0.5) is 0 Å². The van der Waals surface area contributed by atoms with Crippen LogP contribution >= 0.6 is 0 Å². The molecule has 1 aliphatic carbocycles. The molecule has 1 aliphatic rings. The molecule has 2 aromatic heterocycles. The van der Waals surface area contributed by atoms with E-state index in [0.717, 1.165) is 11.3 Å². The van der Waals surface area contributed by atoms with Gasteiger partial charge in [-0.05, 0) is 36.6 Å². The molecule has 1 unspecified atom stereocenters. The molecule has 23 heavy (non-hydrogen) atoms. The molecule has 0 aliphatic heterocycles. The number of carbonyl (C=O) groups is 1. The minimum Gasteiger partial charge on any atom is -0.467 e. The number of aromatic nitrogens is 2. The van der Waals surface area contributed by atoms with Gasteiger partial charge in [-0.1, -0.05) is 30.3 Å². The zero-order valence-corrected chi connectivity index (χ0v) is 12.5. The molecule has 0 spiro atoms. The molecular formula is C18H17N3O2. The van der Waals surface area contributed by atoms with Crippen molar-refractivity contribution in [2.45, 2.75) is 24.8 Å². The second-order valence-corrected chi connectivity index (χ2v) is 5.82. The maximum Gasteiger partial charge on any atom is 0.272 e. The molecule has 1 atom stereocenters.